The number of ketones is 1. The van der Waals surface area contributed by atoms with E-state index in [1.54, 1.807) is 62.5 Å². The first-order chi connectivity index (χ1) is 54.9. The Labute approximate surface area is 725 Å². The number of carbonyl (C=O) groups excluding carboxylic acids is 13. The highest BCUT2D eigenvalue weighted by molar-refractivity contribution is 5.86. The Morgan fingerprint density at radius 2 is 0.686 bits per heavy atom. The average molecular weight is 1760 g/mol. The molecule has 0 aromatic carbocycles. The number of nitrogens with one attached hydrogen (secondary N) is 12. The molecule has 718 valence electrons. The smallest absolute Gasteiger partial charge is 0.324 e. The Balaban J connectivity index is -0.000000162. The van der Waals surface area contributed by atoms with Gasteiger partial charge in [0.05, 0.1) is 0 Å². The minimum absolute atomic E-state index is 0.00810. The molecule has 0 radical (unpaired) electrons. The van der Waals surface area contributed by atoms with E-state index in [-0.39, 0.29) is 161 Å². The van der Waals surface area contributed by atoms with Crippen molar-refractivity contribution in [3.8, 4) is 0 Å². The molecular formula is C87H172F6N12O16. The SMILES string of the molecule is CC(=O)CC(C)C(=O)NC(C)C.CC(C)NC(=O)C(C)(C)C.CC(C)NC(=O)C(C)(F)F.CC(C)NC(=O)C(C)C.CC(C)NC(=O)C(C)F.CC(C)NC(=O)C(F)C1CC1.CC(C)NC(=O)CC1CC1.CCC(=O)NC(C)C.CCC(F)(F)C(=O)NC(C)C.COC(C(=O)NC(C)C)C1CC1.COC(C)C(=O)NC(C)C.COCC(=O)NC(C)C. The zero-order valence-corrected chi connectivity index (χ0v) is 81.7. The minimum Gasteiger partial charge on any atom is -0.375 e. The van der Waals surface area contributed by atoms with E-state index in [1.807, 2.05) is 166 Å². The van der Waals surface area contributed by atoms with Gasteiger partial charge in [-0.3, -0.25) is 57.5 Å². The van der Waals surface area contributed by atoms with Crippen LogP contribution in [0.25, 0.3) is 0 Å². The molecular weight excluding hydrogens is 1580 g/mol. The van der Waals surface area contributed by atoms with Crippen LogP contribution < -0.4 is 63.8 Å². The molecule has 12 N–H and O–H groups in total. The molecule has 3 rings (SSSR count). The van der Waals surface area contributed by atoms with E-state index < -0.39 is 54.2 Å². The van der Waals surface area contributed by atoms with Crippen LogP contribution in [-0.2, 0) is 76.5 Å². The fourth-order valence-corrected chi connectivity index (χ4v) is 7.84. The fourth-order valence-electron chi connectivity index (χ4n) is 7.84. The molecule has 3 aliphatic rings. The fraction of sp³-hybridized carbons (Fsp3) is 0.851. The summed E-state index contributed by atoms with van der Waals surface area (Å²) in [7, 11) is 4.62. The van der Waals surface area contributed by atoms with Gasteiger partial charge in [0.25, 0.3) is 23.6 Å². The summed E-state index contributed by atoms with van der Waals surface area (Å²) in [5.74, 6) is -8.26. The zero-order chi connectivity index (χ0) is 97.5. The topological polar surface area (TPSA) is 394 Å². The molecule has 0 spiro atoms. The number of alkyl halides is 6. The van der Waals surface area contributed by atoms with Crippen molar-refractivity contribution < 1.29 is 103 Å². The van der Waals surface area contributed by atoms with Crippen molar-refractivity contribution in [1.29, 1.82) is 0 Å². The number of amides is 12. The number of rotatable bonds is 32. The summed E-state index contributed by atoms with van der Waals surface area (Å²) < 4.78 is 88.6. The Morgan fingerprint density at radius 3 is 0.934 bits per heavy atom. The van der Waals surface area contributed by atoms with Gasteiger partial charge >= 0.3 is 11.8 Å². The average Bonchev–Trinajstić information content (AvgIpc) is 1.72. The van der Waals surface area contributed by atoms with Gasteiger partial charge < -0.3 is 82.8 Å². The second kappa shape index (κ2) is 73.2. The van der Waals surface area contributed by atoms with Gasteiger partial charge in [-0.2, -0.15) is 17.6 Å². The van der Waals surface area contributed by atoms with Crippen molar-refractivity contribution in [3.05, 3.63) is 0 Å². The molecule has 3 saturated carbocycles. The lowest BCUT2D eigenvalue weighted by molar-refractivity contribution is -0.146. The third-order valence-corrected chi connectivity index (χ3v) is 14.3. The number of hydrogen-bond acceptors (Lipinski definition) is 16. The van der Waals surface area contributed by atoms with Crippen molar-refractivity contribution in [2.24, 2.45) is 35.0 Å². The van der Waals surface area contributed by atoms with E-state index in [2.05, 4.69) is 68.5 Å². The van der Waals surface area contributed by atoms with Gasteiger partial charge in [0.2, 0.25) is 47.3 Å². The molecule has 0 heterocycles. The molecule has 12 amide bonds. The second-order valence-electron chi connectivity index (χ2n) is 34.9. The maximum atomic E-state index is 12.9. The van der Waals surface area contributed by atoms with E-state index >= 15 is 0 Å². The molecule has 3 aliphatic carbocycles. The summed E-state index contributed by atoms with van der Waals surface area (Å²) in [4.78, 5) is 141. The third-order valence-electron chi connectivity index (χ3n) is 14.3. The monoisotopic (exact) mass is 1760 g/mol. The maximum Gasteiger partial charge on any atom is 0.324 e. The van der Waals surface area contributed by atoms with Crippen LogP contribution in [0.5, 0.6) is 0 Å². The number of halogens is 6. The van der Waals surface area contributed by atoms with Gasteiger partial charge in [-0.05, 0) is 243 Å². The van der Waals surface area contributed by atoms with Crippen molar-refractivity contribution >= 4 is 76.7 Å². The minimum atomic E-state index is -3.26. The van der Waals surface area contributed by atoms with Gasteiger partial charge in [0.15, 0.2) is 12.3 Å². The summed E-state index contributed by atoms with van der Waals surface area (Å²) in [6.07, 6.45) is 4.49. The molecule has 5 atom stereocenters. The number of hydrogen-bond donors (Lipinski definition) is 12. The predicted molar refractivity (Wildman–Crippen MR) is 472 cm³/mol. The van der Waals surface area contributed by atoms with Crippen molar-refractivity contribution in [2.45, 2.75) is 422 Å². The first kappa shape index (κ1) is 132. The summed E-state index contributed by atoms with van der Waals surface area (Å²) in [6.45, 7) is 64.4. The van der Waals surface area contributed by atoms with Gasteiger partial charge in [0, 0.05) is 144 Å². The Kier molecular flexibility index (Phi) is 79.7. The highest BCUT2D eigenvalue weighted by atomic mass is 19.3. The first-order valence-electron chi connectivity index (χ1n) is 42.6. The van der Waals surface area contributed by atoms with E-state index in [0.717, 1.165) is 32.1 Å². The molecule has 121 heavy (non-hydrogen) atoms. The number of ether oxygens (including phenoxy) is 3. The van der Waals surface area contributed by atoms with E-state index in [9.17, 15) is 88.7 Å². The van der Waals surface area contributed by atoms with Crippen LogP contribution in [0.15, 0.2) is 0 Å². The lowest BCUT2D eigenvalue weighted by Crippen LogP contribution is -2.42. The Bertz CT molecular complexity index is 2760. The van der Waals surface area contributed by atoms with E-state index in [1.165, 1.54) is 47.8 Å². The standard InChI is InChI=1S/2C9H17NO2.C8H14FNO.C8H15NO.C8H17NO.C7H13F2NO.C7H15NO2.C7H15NO.C6H11F2NO.C6H12FNO.C6H13NO2.C6H13NO/c1-6(2)10-9(11)8(12-3)7-4-5-7;1-6(2)10-9(12)7(3)5-8(4)11;1-5(2)10-8(11)7(9)6-3-4-6;1-6(2)9-8(10)5-7-3-4-7;1-6(2)9-7(10)8(3,4)5;1-4-7(8,9)6(11)10-5(2)3;1-5(2)8-7(9)6(3)10-4;1-5(2)7(9)8-6(3)4;1-4(2)9-5(10)6(3,7)8;1-4(2)8-6(9)5(3)7;1-5(2)7-6(8)4-9-3;1-4-6(8)7-5(2)3/h6-8H,4-5H2,1-3H3,(H,10,11);6-7H,5H2,1-4H3,(H,10,12);5-7H,3-4H2,1-2H3,(H,10,11);6-7H,3-5H2,1-2H3,(H,9,10);6H,1-5H3,(H,9,10);5H,4H2,1-3H3,(H,10,11);5-6H,1-4H3,(H,8,9);5-6H,1-4H3,(H,8,9);4H,1-3H3,(H,9,10);4-5H,1-3H3,(H,8,9);5H,4H2,1-3H3,(H,7,8);5H,4H2,1-3H3,(H,7,8). The zero-order valence-electron chi connectivity index (χ0n) is 81.7. The van der Waals surface area contributed by atoms with Gasteiger partial charge in [-0.15, -0.1) is 0 Å². The molecule has 5 unspecified atom stereocenters. The van der Waals surface area contributed by atoms with Crippen LogP contribution in [0.2, 0.25) is 0 Å². The lowest BCUT2D eigenvalue weighted by atomic mass is 9.95. The first-order valence-corrected chi connectivity index (χ1v) is 42.6. The maximum absolute atomic E-state index is 12.9. The number of carbonyl (C=O) groups is 13. The summed E-state index contributed by atoms with van der Waals surface area (Å²) in [6, 6.07) is 1.41. The summed E-state index contributed by atoms with van der Waals surface area (Å²) in [5.41, 5.74) is -0.260. The second-order valence-corrected chi connectivity index (χ2v) is 34.9. The summed E-state index contributed by atoms with van der Waals surface area (Å²) in [5, 5.41) is 31.5. The molecule has 0 aromatic rings. The van der Waals surface area contributed by atoms with Crippen LogP contribution in [0, 0.1) is 35.0 Å². The highest BCUT2D eigenvalue weighted by Gasteiger charge is 2.39. The highest BCUT2D eigenvalue weighted by Crippen LogP contribution is 2.35. The van der Waals surface area contributed by atoms with E-state index in [4.69, 9.17) is 9.47 Å². The molecule has 0 aliphatic heterocycles. The predicted octanol–water partition coefficient (Wildman–Crippen LogP) is 12.6. The molecule has 3 fully saturated rings. The molecule has 0 bridgehead atoms. The van der Waals surface area contributed by atoms with Crippen molar-refractivity contribution in [2.75, 3.05) is 27.9 Å². The van der Waals surface area contributed by atoms with Crippen LogP contribution in [0.4, 0.5) is 26.3 Å². The van der Waals surface area contributed by atoms with Crippen LogP contribution in [-0.4, -0.2) is 214 Å². The van der Waals surface area contributed by atoms with Crippen LogP contribution in [0.3, 0.4) is 0 Å². The van der Waals surface area contributed by atoms with Gasteiger partial charge in [-0.25, -0.2) is 8.78 Å². The number of Topliss-reactive ketones (excluding diaryl/α,β-unsaturated/α-hetero) is 1. The van der Waals surface area contributed by atoms with Crippen LogP contribution in [0.1, 0.15) is 313 Å². The number of methoxy groups -OCH3 is 3. The Hall–Kier alpha value is -7.23. The Morgan fingerprint density at radius 1 is 0.364 bits per heavy atom. The third kappa shape index (κ3) is 96.5. The van der Waals surface area contributed by atoms with E-state index in [0.29, 0.717) is 37.6 Å². The normalized spacial score (nSPS) is 13.7. The van der Waals surface area contributed by atoms with Gasteiger partial charge in [-0.1, -0.05) is 55.4 Å². The largest absolute Gasteiger partial charge is 0.375 e. The van der Waals surface area contributed by atoms with Gasteiger partial charge in [0.1, 0.15) is 24.6 Å². The summed E-state index contributed by atoms with van der Waals surface area (Å²) >= 11 is 0. The molecule has 0 saturated heterocycles. The van der Waals surface area contributed by atoms with Crippen molar-refractivity contribution in [3.63, 3.8) is 0 Å². The molecule has 34 heteroatoms. The van der Waals surface area contributed by atoms with Crippen LogP contribution >= 0.6 is 0 Å². The quantitative estimate of drug-likeness (QED) is 0.0278. The van der Waals surface area contributed by atoms with Crippen molar-refractivity contribution in [1.82, 2.24) is 63.8 Å². The molecule has 28 nitrogen and oxygen atoms in total. The molecule has 0 aromatic heterocycles. The lowest BCUT2D eigenvalue weighted by Gasteiger charge is -2.19.